The zero-order valence-electron chi connectivity index (χ0n) is 6.17. The second-order valence-corrected chi connectivity index (χ2v) is 2.74. The molecule has 1 aliphatic rings. The minimum atomic E-state index is -0.957. The van der Waals surface area contributed by atoms with Crippen molar-refractivity contribution in [1.82, 2.24) is 4.90 Å². The van der Waals surface area contributed by atoms with E-state index in [1.807, 2.05) is 4.90 Å². The van der Waals surface area contributed by atoms with Gasteiger partial charge in [-0.2, -0.15) is 0 Å². The smallest absolute Gasteiger partial charge is 0.0583 e. The number of hydrogen-bond donors (Lipinski definition) is 0. The van der Waals surface area contributed by atoms with E-state index < -0.39 is 12.0 Å². The van der Waals surface area contributed by atoms with Gasteiger partial charge in [-0.15, -0.1) is 0 Å². The van der Waals surface area contributed by atoms with Crippen molar-refractivity contribution in [2.24, 2.45) is 0 Å². The van der Waals surface area contributed by atoms with Crippen molar-refractivity contribution < 1.29 is 9.90 Å². The largest absolute Gasteiger partial charge is 0.548 e. The SMILES string of the molecule is CC(C(=O)[O-])N1CCCC1. The summed E-state index contributed by atoms with van der Waals surface area (Å²) in [5, 5.41) is 10.3. The lowest BCUT2D eigenvalue weighted by atomic mass is 10.3. The second-order valence-electron chi connectivity index (χ2n) is 2.74. The minimum absolute atomic E-state index is 0.400. The van der Waals surface area contributed by atoms with Crippen LogP contribution in [0.1, 0.15) is 19.8 Å². The second kappa shape index (κ2) is 3.01. The number of carboxylic acid groups (broad SMARTS) is 1. The Bertz CT molecular complexity index is 130. The highest BCUT2D eigenvalue weighted by atomic mass is 16.4. The molecule has 0 aromatic rings. The molecule has 10 heavy (non-hydrogen) atoms. The molecule has 0 aromatic carbocycles. The van der Waals surface area contributed by atoms with Crippen LogP contribution in [0.4, 0.5) is 0 Å². The topological polar surface area (TPSA) is 43.4 Å². The molecule has 1 saturated heterocycles. The van der Waals surface area contributed by atoms with Crippen LogP contribution in [0.3, 0.4) is 0 Å². The molecule has 0 saturated carbocycles. The van der Waals surface area contributed by atoms with E-state index in [0.717, 1.165) is 25.9 Å². The van der Waals surface area contributed by atoms with Gasteiger partial charge in [0.15, 0.2) is 0 Å². The molecule has 0 N–H and O–H groups in total. The highest BCUT2D eigenvalue weighted by Crippen LogP contribution is 2.10. The third kappa shape index (κ3) is 1.48. The normalized spacial score (nSPS) is 22.9. The summed E-state index contributed by atoms with van der Waals surface area (Å²) in [6.45, 7) is 3.50. The zero-order chi connectivity index (χ0) is 7.56. The molecular formula is C7H12NO2-. The quantitative estimate of drug-likeness (QED) is 0.508. The van der Waals surface area contributed by atoms with Gasteiger partial charge in [0.2, 0.25) is 0 Å². The van der Waals surface area contributed by atoms with Crippen LogP contribution in [-0.2, 0) is 4.79 Å². The lowest BCUT2D eigenvalue weighted by Crippen LogP contribution is -2.44. The number of carbonyl (C=O) groups is 1. The van der Waals surface area contributed by atoms with Crippen LogP contribution in [0.2, 0.25) is 0 Å². The summed E-state index contributed by atoms with van der Waals surface area (Å²) in [4.78, 5) is 12.3. The van der Waals surface area contributed by atoms with Gasteiger partial charge in [0, 0.05) is 6.04 Å². The van der Waals surface area contributed by atoms with Crippen LogP contribution < -0.4 is 5.11 Å². The maximum atomic E-state index is 10.3. The average molecular weight is 142 g/mol. The first-order chi connectivity index (χ1) is 4.72. The van der Waals surface area contributed by atoms with Crippen LogP contribution in [0, 0.1) is 0 Å². The Morgan fingerprint density at radius 3 is 2.40 bits per heavy atom. The van der Waals surface area contributed by atoms with Crippen molar-refractivity contribution in [3.05, 3.63) is 0 Å². The predicted molar refractivity (Wildman–Crippen MR) is 35.3 cm³/mol. The monoisotopic (exact) mass is 142 g/mol. The number of carboxylic acids is 1. The van der Waals surface area contributed by atoms with Crippen molar-refractivity contribution >= 4 is 5.97 Å². The van der Waals surface area contributed by atoms with Crippen molar-refractivity contribution in [3.8, 4) is 0 Å². The number of nitrogens with zero attached hydrogens (tertiary/aromatic N) is 1. The summed E-state index contributed by atoms with van der Waals surface area (Å²) < 4.78 is 0. The Balaban J connectivity index is 2.39. The molecule has 1 atom stereocenters. The molecule has 3 heteroatoms. The van der Waals surface area contributed by atoms with Gasteiger partial charge in [-0.3, -0.25) is 4.90 Å². The first kappa shape index (κ1) is 7.54. The van der Waals surface area contributed by atoms with E-state index >= 15 is 0 Å². The third-order valence-electron chi connectivity index (χ3n) is 2.03. The van der Waals surface area contributed by atoms with Crippen LogP contribution in [-0.4, -0.2) is 30.0 Å². The number of aliphatic carboxylic acids is 1. The molecule has 1 rings (SSSR count). The van der Waals surface area contributed by atoms with Crippen LogP contribution in [0.25, 0.3) is 0 Å². The number of rotatable bonds is 2. The molecule has 1 aliphatic heterocycles. The summed E-state index contributed by atoms with van der Waals surface area (Å²) in [7, 11) is 0. The van der Waals surface area contributed by atoms with E-state index in [1.165, 1.54) is 0 Å². The highest BCUT2D eigenvalue weighted by molar-refractivity contribution is 5.70. The summed E-state index contributed by atoms with van der Waals surface area (Å²) in [5.41, 5.74) is 0. The molecule has 1 heterocycles. The van der Waals surface area contributed by atoms with Gasteiger partial charge in [0.25, 0.3) is 0 Å². The van der Waals surface area contributed by atoms with Gasteiger partial charge >= 0.3 is 0 Å². The lowest BCUT2D eigenvalue weighted by molar-refractivity contribution is -0.310. The summed E-state index contributed by atoms with van der Waals surface area (Å²) >= 11 is 0. The van der Waals surface area contributed by atoms with Gasteiger partial charge in [-0.1, -0.05) is 0 Å². The molecule has 3 nitrogen and oxygen atoms in total. The molecule has 1 fully saturated rings. The Morgan fingerprint density at radius 1 is 1.50 bits per heavy atom. The van der Waals surface area contributed by atoms with E-state index in [0.29, 0.717) is 0 Å². The maximum absolute atomic E-state index is 10.3. The van der Waals surface area contributed by atoms with Crippen molar-refractivity contribution in [2.45, 2.75) is 25.8 Å². The van der Waals surface area contributed by atoms with E-state index in [9.17, 15) is 9.90 Å². The first-order valence-electron chi connectivity index (χ1n) is 3.66. The van der Waals surface area contributed by atoms with Crippen LogP contribution in [0.5, 0.6) is 0 Å². The van der Waals surface area contributed by atoms with E-state index in [1.54, 1.807) is 6.92 Å². The van der Waals surface area contributed by atoms with E-state index in [4.69, 9.17) is 0 Å². The summed E-state index contributed by atoms with van der Waals surface area (Å²) in [6.07, 6.45) is 2.25. The van der Waals surface area contributed by atoms with E-state index in [2.05, 4.69) is 0 Å². The Morgan fingerprint density at radius 2 is 2.00 bits per heavy atom. The van der Waals surface area contributed by atoms with Gasteiger partial charge in [-0.05, 0) is 32.9 Å². The van der Waals surface area contributed by atoms with Crippen molar-refractivity contribution in [3.63, 3.8) is 0 Å². The molecule has 0 radical (unpaired) electrons. The van der Waals surface area contributed by atoms with Gasteiger partial charge < -0.3 is 9.90 Å². The molecule has 0 aliphatic carbocycles. The number of hydrogen-bond acceptors (Lipinski definition) is 3. The summed E-state index contributed by atoms with van der Waals surface area (Å²) in [6, 6.07) is -0.400. The third-order valence-corrected chi connectivity index (χ3v) is 2.03. The molecule has 1 unspecified atom stereocenters. The Kier molecular flexibility index (Phi) is 2.27. The van der Waals surface area contributed by atoms with Gasteiger partial charge in [-0.25, -0.2) is 0 Å². The van der Waals surface area contributed by atoms with Gasteiger partial charge in [0.1, 0.15) is 0 Å². The Hall–Kier alpha value is -0.570. The zero-order valence-corrected chi connectivity index (χ0v) is 6.17. The fraction of sp³-hybridized carbons (Fsp3) is 0.857. The standard InChI is InChI=1S/C7H13NO2/c1-6(7(9)10)8-4-2-3-5-8/h6H,2-5H2,1H3,(H,9,10)/p-1. The Labute approximate surface area is 60.6 Å². The van der Waals surface area contributed by atoms with Gasteiger partial charge in [0.05, 0.1) is 5.97 Å². The maximum Gasteiger partial charge on any atom is 0.0583 e. The van der Waals surface area contributed by atoms with E-state index in [-0.39, 0.29) is 0 Å². The first-order valence-corrected chi connectivity index (χ1v) is 3.66. The van der Waals surface area contributed by atoms with Crippen LogP contribution >= 0.6 is 0 Å². The average Bonchev–Trinajstić information content (AvgIpc) is 2.36. The fourth-order valence-corrected chi connectivity index (χ4v) is 1.28. The highest BCUT2D eigenvalue weighted by Gasteiger charge is 2.17. The van der Waals surface area contributed by atoms with Crippen LogP contribution in [0.15, 0.2) is 0 Å². The molecule has 0 aromatic heterocycles. The molecule has 0 amide bonds. The molecule has 58 valence electrons. The fourth-order valence-electron chi connectivity index (χ4n) is 1.28. The molecule has 0 spiro atoms. The minimum Gasteiger partial charge on any atom is -0.548 e. The lowest BCUT2D eigenvalue weighted by Gasteiger charge is -2.23. The number of likely N-dealkylation sites (tertiary alicyclic amines) is 1. The van der Waals surface area contributed by atoms with Crippen molar-refractivity contribution in [2.75, 3.05) is 13.1 Å². The molecule has 0 bridgehead atoms. The number of carbonyl (C=O) groups excluding carboxylic acids is 1. The molecular weight excluding hydrogens is 130 g/mol. The summed E-state index contributed by atoms with van der Waals surface area (Å²) in [5.74, 6) is -0.957. The van der Waals surface area contributed by atoms with Crippen molar-refractivity contribution in [1.29, 1.82) is 0 Å². The predicted octanol–water partition coefficient (Wildman–Crippen LogP) is -0.779.